The van der Waals surface area contributed by atoms with Crippen molar-refractivity contribution in [3.8, 4) is 17.0 Å². The first-order valence-electron chi connectivity index (χ1n) is 8.02. The van der Waals surface area contributed by atoms with E-state index in [1.165, 1.54) is 0 Å². The molecule has 1 fully saturated rings. The van der Waals surface area contributed by atoms with E-state index in [0.29, 0.717) is 11.8 Å². The summed E-state index contributed by atoms with van der Waals surface area (Å²) in [5.41, 5.74) is 3.52. The molecule has 0 atom stereocenters. The summed E-state index contributed by atoms with van der Waals surface area (Å²) in [5.74, 6) is 0.598. The van der Waals surface area contributed by atoms with Gasteiger partial charge in [0.25, 0.3) is 5.91 Å². The van der Waals surface area contributed by atoms with Crippen LogP contribution in [-0.2, 0) is 4.79 Å². The second-order valence-electron chi connectivity index (χ2n) is 5.90. The third-order valence-corrected chi connectivity index (χ3v) is 3.91. The minimum Gasteiger partial charge on any atom is -0.484 e. The Morgan fingerprint density at radius 2 is 1.83 bits per heavy atom. The number of nitrogens with zero attached hydrogens (tertiary/aromatic N) is 2. The van der Waals surface area contributed by atoms with Gasteiger partial charge in [-0.05, 0) is 49.2 Å². The van der Waals surface area contributed by atoms with E-state index in [4.69, 9.17) is 4.74 Å². The number of fused-ring (bicyclic) bond motifs is 1. The lowest BCUT2D eigenvalue weighted by atomic mass is 10.1. The van der Waals surface area contributed by atoms with Gasteiger partial charge in [0.05, 0.1) is 22.9 Å². The molecule has 5 heteroatoms. The van der Waals surface area contributed by atoms with Crippen LogP contribution in [0, 0.1) is 0 Å². The highest BCUT2D eigenvalue weighted by Crippen LogP contribution is 2.22. The topological polar surface area (TPSA) is 64.1 Å². The van der Waals surface area contributed by atoms with Gasteiger partial charge in [0.2, 0.25) is 0 Å². The molecule has 1 aromatic heterocycles. The summed E-state index contributed by atoms with van der Waals surface area (Å²) in [4.78, 5) is 20.7. The minimum atomic E-state index is -0.0676. The molecule has 0 bridgehead atoms. The first-order chi connectivity index (χ1) is 11.8. The summed E-state index contributed by atoms with van der Waals surface area (Å²) >= 11 is 0. The highest BCUT2D eigenvalue weighted by molar-refractivity contribution is 5.78. The predicted octanol–water partition coefficient (Wildman–Crippen LogP) is 2.95. The van der Waals surface area contributed by atoms with Crippen molar-refractivity contribution in [3.05, 3.63) is 54.7 Å². The number of amides is 1. The number of nitrogens with one attached hydrogen (secondary N) is 1. The Kier molecular flexibility index (Phi) is 3.83. The Balaban J connectivity index is 1.44. The first kappa shape index (κ1) is 14.6. The number of hydrogen-bond donors (Lipinski definition) is 1. The van der Waals surface area contributed by atoms with Crippen LogP contribution in [0.25, 0.3) is 22.3 Å². The second kappa shape index (κ2) is 6.28. The van der Waals surface area contributed by atoms with Crippen LogP contribution in [0.1, 0.15) is 12.8 Å². The standard InChI is InChI=1S/C19H17N3O2/c23-19(21-14-7-8-14)12-24-15-9-5-13(6-10-15)18-11-20-16-3-1-2-4-17(16)22-18/h1-6,9-11,14H,7-8,12H2,(H,21,23). The van der Waals surface area contributed by atoms with Crippen molar-refractivity contribution in [1.82, 2.24) is 15.3 Å². The highest BCUT2D eigenvalue weighted by atomic mass is 16.5. The average Bonchev–Trinajstić information content (AvgIpc) is 3.44. The molecular weight excluding hydrogens is 302 g/mol. The van der Waals surface area contributed by atoms with E-state index in [0.717, 1.165) is 35.1 Å². The van der Waals surface area contributed by atoms with Gasteiger partial charge in [-0.25, -0.2) is 4.98 Å². The van der Waals surface area contributed by atoms with E-state index in [-0.39, 0.29) is 12.5 Å². The lowest BCUT2D eigenvalue weighted by Gasteiger charge is -2.08. The summed E-state index contributed by atoms with van der Waals surface area (Å²) in [6, 6.07) is 15.7. The summed E-state index contributed by atoms with van der Waals surface area (Å²) < 4.78 is 5.51. The monoisotopic (exact) mass is 319 g/mol. The fourth-order valence-corrected chi connectivity index (χ4v) is 2.46. The molecule has 1 heterocycles. The van der Waals surface area contributed by atoms with Gasteiger partial charge in [0.15, 0.2) is 6.61 Å². The molecule has 0 spiro atoms. The molecule has 4 rings (SSSR count). The van der Waals surface area contributed by atoms with Crippen LogP contribution in [0.15, 0.2) is 54.7 Å². The van der Waals surface area contributed by atoms with Crippen molar-refractivity contribution < 1.29 is 9.53 Å². The summed E-state index contributed by atoms with van der Waals surface area (Å²) in [7, 11) is 0. The molecule has 1 N–H and O–H groups in total. The fourth-order valence-electron chi connectivity index (χ4n) is 2.46. The van der Waals surface area contributed by atoms with E-state index < -0.39 is 0 Å². The van der Waals surface area contributed by atoms with Crippen LogP contribution < -0.4 is 10.1 Å². The molecule has 0 unspecified atom stereocenters. The highest BCUT2D eigenvalue weighted by Gasteiger charge is 2.23. The smallest absolute Gasteiger partial charge is 0.258 e. The molecule has 120 valence electrons. The van der Waals surface area contributed by atoms with E-state index in [9.17, 15) is 4.79 Å². The maximum Gasteiger partial charge on any atom is 0.258 e. The number of aromatic nitrogens is 2. The number of para-hydroxylation sites is 2. The van der Waals surface area contributed by atoms with E-state index >= 15 is 0 Å². The zero-order valence-electron chi connectivity index (χ0n) is 13.1. The third kappa shape index (κ3) is 3.35. The molecule has 3 aromatic rings. The van der Waals surface area contributed by atoms with Gasteiger partial charge in [0, 0.05) is 11.6 Å². The maximum atomic E-state index is 11.6. The molecule has 1 saturated carbocycles. The van der Waals surface area contributed by atoms with Crippen LogP contribution >= 0.6 is 0 Å². The third-order valence-electron chi connectivity index (χ3n) is 3.91. The van der Waals surface area contributed by atoms with Crippen molar-refractivity contribution in [2.24, 2.45) is 0 Å². The average molecular weight is 319 g/mol. The van der Waals surface area contributed by atoms with Crippen LogP contribution in [-0.4, -0.2) is 28.5 Å². The van der Waals surface area contributed by atoms with Crippen molar-refractivity contribution in [1.29, 1.82) is 0 Å². The lowest BCUT2D eigenvalue weighted by Crippen LogP contribution is -2.30. The zero-order chi connectivity index (χ0) is 16.4. The van der Waals surface area contributed by atoms with Gasteiger partial charge in [-0.1, -0.05) is 12.1 Å². The quantitative estimate of drug-likeness (QED) is 0.785. The number of carbonyl (C=O) groups is 1. The summed E-state index contributed by atoms with van der Waals surface area (Å²) in [6.07, 6.45) is 3.92. The van der Waals surface area contributed by atoms with Gasteiger partial charge in [-0.2, -0.15) is 0 Å². The molecule has 1 aliphatic rings. The second-order valence-corrected chi connectivity index (χ2v) is 5.90. The van der Waals surface area contributed by atoms with Gasteiger partial charge >= 0.3 is 0 Å². The maximum absolute atomic E-state index is 11.6. The Morgan fingerprint density at radius 3 is 2.58 bits per heavy atom. The normalized spacial score (nSPS) is 13.7. The largest absolute Gasteiger partial charge is 0.484 e. The molecule has 0 aliphatic heterocycles. The van der Waals surface area contributed by atoms with E-state index in [1.54, 1.807) is 6.20 Å². The molecule has 1 amide bonds. The van der Waals surface area contributed by atoms with Gasteiger partial charge in [0.1, 0.15) is 5.75 Å². The lowest BCUT2D eigenvalue weighted by molar-refractivity contribution is -0.123. The predicted molar refractivity (Wildman–Crippen MR) is 91.6 cm³/mol. The first-order valence-corrected chi connectivity index (χ1v) is 8.02. The molecule has 0 radical (unpaired) electrons. The Morgan fingerprint density at radius 1 is 1.08 bits per heavy atom. The number of carbonyl (C=O) groups excluding carboxylic acids is 1. The molecule has 0 saturated heterocycles. The zero-order valence-corrected chi connectivity index (χ0v) is 13.1. The van der Waals surface area contributed by atoms with Crippen LogP contribution in [0.3, 0.4) is 0 Å². The van der Waals surface area contributed by atoms with Gasteiger partial charge in [-0.15, -0.1) is 0 Å². The summed E-state index contributed by atoms with van der Waals surface area (Å²) in [5, 5.41) is 2.90. The van der Waals surface area contributed by atoms with Crippen molar-refractivity contribution in [2.75, 3.05) is 6.61 Å². The van der Waals surface area contributed by atoms with Gasteiger partial charge in [-0.3, -0.25) is 9.78 Å². The van der Waals surface area contributed by atoms with Crippen molar-refractivity contribution >= 4 is 16.9 Å². The minimum absolute atomic E-state index is 0.0472. The number of rotatable bonds is 5. The fraction of sp³-hybridized carbons (Fsp3) is 0.211. The Hall–Kier alpha value is -2.95. The van der Waals surface area contributed by atoms with E-state index in [2.05, 4.69) is 15.3 Å². The van der Waals surface area contributed by atoms with Crippen LogP contribution in [0.2, 0.25) is 0 Å². The molecule has 24 heavy (non-hydrogen) atoms. The van der Waals surface area contributed by atoms with Gasteiger partial charge < -0.3 is 10.1 Å². The van der Waals surface area contributed by atoms with Crippen LogP contribution in [0.4, 0.5) is 0 Å². The molecular formula is C19H17N3O2. The Bertz CT molecular complexity index is 873. The molecule has 5 nitrogen and oxygen atoms in total. The van der Waals surface area contributed by atoms with Crippen molar-refractivity contribution in [3.63, 3.8) is 0 Å². The number of hydrogen-bond acceptors (Lipinski definition) is 4. The number of benzene rings is 2. The molecule has 2 aromatic carbocycles. The van der Waals surface area contributed by atoms with Crippen molar-refractivity contribution in [2.45, 2.75) is 18.9 Å². The van der Waals surface area contributed by atoms with Crippen LogP contribution in [0.5, 0.6) is 5.75 Å². The molecule has 1 aliphatic carbocycles. The Labute approximate surface area is 139 Å². The SMILES string of the molecule is O=C(COc1ccc(-c2cnc3ccccc3n2)cc1)NC1CC1. The van der Waals surface area contributed by atoms with E-state index in [1.807, 2.05) is 48.5 Å². The summed E-state index contributed by atoms with van der Waals surface area (Å²) in [6.45, 7) is 0.0472. The number of ether oxygens (including phenoxy) is 1.